The molecule has 0 aromatic heterocycles. The maximum absolute atomic E-state index is 13.8. The lowest BCUT2D eigenvalue weighted by molar-refractivity contribution is -0.117. The predicted molar refractivity (Wildman–Crippen MR) is 129 cm³/mol. The van der Waals surface area contributed by atoms with Crippen LogP contribution in [-0.4, -0.2) is 30.8 Å². The largest absolute Gasteiger partial charge is 0.377 e. The Morgan fingerprint density at radius 1 is 0.939 bits per heavy atom. The number of benzene rings is 3. The Kier molecular flexibility index (Phi) is 6.73. The summed E-state index contributed by atoms with van der Waals surface area (Å²) in [4.78, 5) is 29.4. The Bertz CT molecular complexity index is 1140. The molecule has 1 aliphatic carbocycles. The van der Waals surface area contributed by atoms with Gasteiger partial charge in [-0.1, -0.05) is 36.4 Å². The molecule has 0 aliphatic heterocycles. The number of carbonyl (C=O) groups is 2. The SMILES string of the molecule is CN(C)c1ccc(NC(=O)C2CC2)cc1CN(Cc1ccccc1)C(=O)c1cccc(F)c1. The third-order valence-electron chi connectivity index (χ3n) is 5.71. The van der Waals surface area contributed by atoms with Crippen LogP contribution in [0.15, 0.2) is 72.8 Å². The highest BCUT2D eigenvalue weighted by Crippen LogP contribution is 2.31. The molecule has 3 aromatic rings. The number of amides is 2. The fourth-order valence-corrected chi connectivity index (χ4v) is 3.83. The zero-order chi connectivity index (χ0) is 23.4. The van der Waals surface area contributed by atoms with Crippen molar-refractivity contribution in [2.24, 2.45) is 5.92 Å². The minimum absolute atomic E-state index is 0.0375. The third-order valence-corrected chi connectivity index (χ3v) is 5.71. The minimum Gasteiger partial charge on any atom is -0.377 e. The van der Waals surface area contributed by atoms with Gasteiger partial charge in [0, 0.05) is 50.0 Å². The molecule has 1 saturated carbocycles. The van der Waals surface area contributed by atoms with E-state index in [1.165, 1.54) is 12.1 Å². The molecule has 2 amide bonds. The Morgan fingerprint density at radius 2 is 1.70 bits per heavy atom. The van der Waals surface area contributed by atoms with Crippen LogP contribution in [-0.2, 0) is 17.9 Å². The van der Waals surface area contributed by atoms with Crippen molar-refractivity contribution in [2.75, 3.05) is 24.3 Å². The van der Waals surface area contributed by atoms with Crippen LogP contribution in [0.4, 0.5) is 15.8 Å². The average molecular weight is 446 g/mol. The van der Waals surface area contributed by atoms with Crippen LogP contribution in [0, 0.1) is 11.7 Å². The van der Waals surface area contributed by atoms with Gasteiger partial charge in [-0.15, -0.1) is 0 Å². The third kappa shape index (κ3) is 5.77. The normalized spacial score (nSPS) is 12.8. The van der Waals surface area contributed by atoms with E-state index in [2.05, 4.69) is 5.32 Å². The monoisotopic (exact) mass is 445 g/mol. The molecule has 170 valence electrons. The molecule has 1 aliphatic rings. The van der Waals surface area contributed by atoms with Crippen LogP contribution in [0.25, 0.3) is 0 Å². The minimum atomic E-state index is -0.445. The summed E-state index contributed by atoms with van der Waals surface area (Å²) in [6.45, 7) is 0.687. The van der Waals surface area contributed by atoms with E-state index in [0.717, 1.165) is 29.7 Å². The van der Waals surface area contributed by atoms with Gasteiger partial charge >= 0.3 is 0 Å². The van der Waals surface area contributed by atoms with Gasteiger partial charge < -0.3 is 15.1 Å². The van der Waals surface area contributed by atoms with E-state index < -0.39 is 5.82 Å². The first-order chi connectivity index (χ1) is 15.9. The molecule has 0 bridgehead atoms. The lowest BCUT2D eigenvalue weighted by atomic mass is 10.1. The van der Waals surface area contributed by atoms with Gasteiger partial charge in [-0.3, -0.25) is 9.59 Å². The van der Waals surface area contributed by atoms with Crippen LogP contribution >= 0.6 is 0 Å². The lowest BCUT2D eigenvalue weighted by Gasteiger charge is -2.26. The Labute approximate surface area is 193 Å². The Balaban J connectivity index is 1.66. The number of nitrogens with one attached hydrogen (secondary N) is 1. The first kappa shape index (κ1) is 22.5. The maximum atomic E-state index is 13.8. The lowest BCUT2D eigenvalue weighted by Crippen LogP contribution is -2.31. The number of nitrogens with zero attached hydrogens (tertiary/aromatic N) is 2. The summed E-state index contributed by atoms with van der Waals surface area (Å²) in [5.41, 5.74) is 3.84. The highest BCUT2D eigenvalue weighted by Gasteiger charge is 2.29. The molecule has 0 radical (unpaired) electrons. The molecule has 0 spiro atoms. The zero-order valence-corrected chi connectivity index (χ0v) is 18.9. The summed E-state index contributed by atoms with van der Waals surface area (Å²) >= 11 is 0. The molecule has 6 heteroatoms. The van der Waals surface area contributed by atoms with Crippen LogP contribution in [0.2, 0.25) is 0 Å². The molecule has 1 fully saturated rings. The smallest absolute Gasteiger partial charge is 0.254 e. The second-order valence-corrected chi connectivity index (χ2v) is 8.66. The first-order valence-corrected chi connectivity index (χ1v) is 11.1. The molecule has 3 aromatic carbocycles. The van der Waals surface area contributed by atoms with Crippen LogP contribution in [0.1, 0.15) is 34.3 Å². The van der Waals surface area contributed by atoms with Crippen molar-refractivity contribution < 1.29 is 14.0 Å². The van der Waals surface area contributed by atoms with Crippen molar-refractivity contribution in [1.29, 1.82) is 0 Å². The van der Waals surface area contributed by atoms with E-state index in [1.807, 2.05) is 67.5 Å². The molecule has 1 N–H and O–H groups in total. The molecule has 0 saturated heterocycles. The first-order valence-electron chi connectivity index (χ1n) is 11.1. The Hall–Kier alpha value is -3.67. The highest BCUT2D eigenvalue weighted by molar-refractivity contribution is 5.95. The maximum Gasteiger partial charge on any atom is 0.254 e. The van der Waals surface area contributed by atoms with E-state index in [0.29, 0.717) is 24.3 Å². The van der Waals surface area contributed by atoms with Crippen LogP contribution in [0.5, 0.6) is 0 Å². The summed E-state index contributed by atoms with van der Waals surface area (Å²) in [5, 5.41) is 2.99. The molecule has 0 unspecified atom stereocenters. The average Bonchev–Trinajstić information content (AvgIpc) is 3.64. The van der Waals surface area contributed by atoms with Crippen molar-refractivity contribution >= 4 is 23.2 Å². The zero-order valence-electron chi connectivity index (χ0n) is 18.9. The van der Waals surface area contributed by atoms with Crippen molar-refractivity contribution in [3.8, 4) is 0 Å². The topological polar surface area (TPSA) is 52.7 Å². The van der Waals surface area contributed by atoms with Crippen molar-refractivity contribution in [2.45, 2.75) is 25.9 Å². The molecule has 4 rings (SSSR count). The van der Waals surface area contributed by atoms with Gasteiger partial charge in [-0.2, -0.15) is 0 Å². The van der Waals surface area contributed by atoms with Gasteiger partial charge in [0.2, 0.25) is 5.91 Å². The van der Waals surface area contributed by atoms with Gasteiger partial charge in [-0.25, -0.2) is 4.39 Å². The van der Waals surface area contributed by atoms with E-state index in [9.17, 15) is 14.0 Å². The number of hydrogen-bond acceptors (Lipinski definition) is 3. The number of anilines is 2. The fourth-order valence-electron chi connectivity index (χ4n) is 3.83. The molecule has 33 heavy (non-hydrogen) atoms. The number of halogens is 1. The van der Waals surface area contributed by atoms with E-state index in [4.69, 9.17) is 0 Å². The Morgan fingerprint density at radius 3 is 2.36 bits per heavy atom. The molecular formula is C27H28FN3O2. The van der Waals surface area contributed by atoms with Crippen LogP contribution < -0.4 is 10.2 Å². The van der Waals surface area contributed by atoms with Gasteiger partial charge in [0.15, 0.2) is 0 Å². The second kappa shape index (κ2) is 9.86. The molecule has 5 nitrogen and oxygen atoms in total. The standard InChI is InChI=1S/C27H28FN3O2/c1-30(2)25-14-13-24(29-26(32)20-11-12-20)16-22(25)18-31(17-19-7-4-3-5-8-19)27(33)21-9-6-10-23(28)15-21/h3-10,13-16,20H,11-12,17-18H2,1-2H3,(H,29,32). The van der Waals surface area contributed by atoms with E-state index >= 15 is 0 Å². The molecule has 0 heterocycles. The van der Waals surface area contributed by atoms with Gasteiger partial charge in [-0.05, 0) is 60.4 Å². The number of carbonyl (C=O) groups excluding carboxylic acids is 2. The van der Waals surface area contributed by atoms with Crippen molar-refractivity contribution in [1.82, 2.24) is 4.90 Å². The van der Waals surface area contributed by atoms with Crippen molar-refractivity contribution in [3.63, 3.8) is 0 Å². The van der Waals surface area contributed by atoms with Crippen molar-refractivity contribution in [3.05, 3.63) is 95.3 Å². The van der Waals surface area contributed by atoms with Gasteiger partial charge in [0.1, 0.15) is 5.82 Å². The summed E-state index contributed by atoms with van der Waals surface area (Å²) in [5.74, 6) is -0.559. The van der Waals surface area contributed by atoms with Crippen LogP contribution in [0.3, 0.4) is 0 Å². The predicted octanol–water partition coefficient (Wildman–Crippen LogP) is 5.08. The fraction of sp³-hybridized carbons (Fsp3) is 0.259. The second-order valence-electron chi connectivity index (χ2n) is 8.66. The van der Waals surface area contributed by atoms with E-state index in [1.54, 1.807) is 17.0 Å². The summed E-state index contributed by atoms with van der Waals surface area (Å²) in [7, 11) is 3.88. The van der Waals surface area contributed by atoms with Gasteiger partial charge in [0.05, 0.1) is 0 Å². The number of rotatable bonds is 8. The summed E-state index contributed by atoms with van der Waals surface area (Å²) in [6, 6.07) is 21.2. The van der Waals surface area contributed by atoms with E-state index in [-0.39, 0.29) is 17.7 Å². The van der Waals surface area contributed by atoms with Gasteiger partial charge in [0.25, 0.3) is 5.91 Å². The molecule has 0 atom stereocenters. The summed E-state index contributed by atoms with van der Waals surface area (Å²) < 4.78 is 13.8. The quantitative estimate of drug-likeness (QED) is 0.526. The number of hydrogen-bond donors (Lipinski definition) is 1. The highest BCUT2D eigenvalue weighted by atomic mass is 19.1. The molecular weight excluding hydrogens is 417 g/mol. The summed E-state index contributed by atoms with van der Waals surface area (Å²) in [6.07, 6.45) is 1.86.